The quantitative estimate of drug-likeness (QED) is 0.447. The maximum Gasteiger partial charge on any atom is 0.415 e. The van der Waals surface area contributed by atoms with Crippen LogP contribution in [0.5, 0.6) is 11.5 Å². The zero-order chi connectivity index (χ0) is 28.5. The number of likely N-dealkylation sites (N-methyl/N-ethyl adjacent to an activating group) is 1. The van der Waals surface area contributed by atoms with E-state index in [1.807, 2.05) is 14.0 Å². The predicted octanol–water partition coefficient (Wildman–Crippen LogP) is 4.48. The fourth-order valence-electron chi connectivity index (χ4n) is 4.70. The summed E-state index contributed by atoms with van der Waals surface area (Å²) < 4.78 is 54.5. The number of hydrogen-bond acceptors (Lipinski definition) is 8. The molecule has 1 saturated heterocycles. The van der Waals surface area contributed by atoms with Crippen molar-refractivity contribution in [2.45, 2.75) is 38.8 Å². The Morgan fingerprint density at radius 3 is 2.67 bits per heavy atom. The summed E-state index contributed by atoms with van der Waals surface area (Å²) in [4.78, 5) is 25.7. The molecule has 1 aromatic heterocycles. The van der Waals surface area contributed by atoms with E-state index in [0.29, 0.717) is 35.6 Å². The molecule has 0 bridgehead atoms. The van der Waals surface area contributed by atoms with Crippen LogP contribution in [0.2, 0.25) is 0 Å². The lowest BCUT2D eigenvalue weighted by Gasteiger charge is -2.37. The molecule has 210 valence electrons. The van der Waals surface area contributed by atoms with Gasteiger partial charge in [0.1, 0.15) is 24.1 Å². The third kappa shape index (κ3) is 5.86. The SMILES string of the molecule is COc1cc2nc(C)nc(N[C@H](C)c3cccc(C(F)(F)CO)c3F)c2cc1OC(=O)N1CCN(C)C[C@H]1C. The first-order chi connectivity index (χ1) is 18.4. The van der Waals surface area contributed by atoms with Gasteiger partial charge in [-0.15, -0.1) is 0 Å². The summed E-state index contributed by atoms with van der Waals surface area (Å²) in [6.07, 6.45) is -0.521. The molecule has 1 aliphatic rings. The Bertz CT molecular complexity index is 1370. The predicted molar refractivity (Wildman–Crippen MR) is 140 cm³/mol. The summed E-state index contributed by atoms with van der Waals surface area (Å²) in [6.45, 7) is 5.65. The number of amides is 1. The number of ether oxygens (including phenoxy) is 2. The molecule has 0 radical (unpaired) electrons. The van der Waals surface area contributed by atoms with Gasteiger partial charge in [0.2, 0.25) is 0 Å². The molecule has 4 rings (SSSR count). The van der Waals surface area contributed by atoms with Crippen molar-refractivity contribution in [2.75, 3.05) is 45.7 Å². The molecule has 2 aromatic carbocycles. The highest BCUT2D eigenvalue weighted by Crippen LogP contribution is 2.37. The van der Waals surface area contributed by atoms with E-state index >= 15 is 4.39 Å². The van der Waals surface area contributed by atoms with Crippen LogP contribution in [-0.2, 0) is 5.92 Å². The van der Waals surface area contributed by atoms with E-state index in [9.17, 15) is 13.6 Å². The van der Waals surface area contributed by atoms with Crippen molar-refractivity contribution < 1.29 is 32.5 Å². The van der Waals surface area contributed by atoms with Crippen molar-refractivity contribution in [2.24, 2.45) is 0 Å². The second-order valence-corrected chi connectivity index (χ2v) is 9.75. The largest absolute Gasteiger partial charge is 0.493 e. The number of halogens is 3. The summed E-state index contributed by atoms with van der Waals surface area (Å²) in [5.74, 6) is -3.72. The summed E-state index contributed by atoms with van der Waals surface area (Å²) in [5.41, 5.74) is -0.450. The van der Waals surface area contributed by atoms with E-state index in [0.717, 1.165) is 12.6 Å². The standard InChI is InChI=1S/C27H32F3N5O4/c1-15-13-34(4)9-10-35(15)26(37)39-23-11-19-21(12-22(23)38-5)32-17(3)33-25(19)31-16(2)18-7-6-8-20(24(18)28)27(29,30)14-36/h6-8,11-12,15-16,36H,9-10,13-14H2,1-5H3,(H,31,32,33)/t15-,16-/m1/s1. The average molecular weight is 548 g/mol. The zero-order valence-electron chi connectivity index (χ0n) is 22.5. The molecule has 2 atom stereocenters. The van der Waals surface area contributed by atoms with E-state index < -0.39 is 36.0 Å². The zero-order valence-corrected chi connectivity index (χ0v) is 22.5. The van der Waals surface area contributed by atoms with Gasteiger partial charge in [0.05, 0.1) is 24.2 Å². The number of fused-ring (bicyclic) bond motifs is 1. The second-order valence-electron chi connectivity index (χ2n) is 9.75. The number of nitrogens with one attached hydrogen (secondary N) is 1. The van der Waals surface area contributed by atoms with E-state index in [2.05, 4.69) is 20.2 Å². The number of benzene rings is 2. The summed E-state index contributed by atoms with van der Waals surface area (Å²) in [7, 11) is 3.44. The number of nitrogens with zero attached hydrogens (tertiary/aromatic N) is 4. The fourth-order valence-corrected chi connectivity index (χ4v) is 4.70. The third-order valence-corrected chi connectivity index (χ3v) is 6.80. The van der Waals surface area contributed by atoms with E-state index in [4.69, 9.17) is 14.6 Å². The van der Waals surface area contributed by atoms with Crippen molar-refractivity contribution >= 4 is 22.8 Å². The number of aryl methyl sites for hydroxylation is 1. The summed E-state index contributed by atoms with van der Waals surface area (Å²) >= 11 is 0. The van der Waals surface area contributed by atoms with E-state index in [1.165, 1.54) is 19.2 Å². The Labute approximate surface area is 224 Å². The van der Waals surface area contributed by atoms with Crippen molar-refractivity contribution in [3.63, 3.8) is 0 Å². The Hall–Kier alpha value is -3.64. The van der Waals surface area contributed by atoms with Gasteiger partial charge in [-0.1, -0.05) is 12.1 Å². The number of hydrogen-bond donors (Lipinski definition) is 2. The first kappa shape index (κ1) is 28.4. The van der Waals surface area contributed by atoms with Crippen LogP contribution in [0.4, 0.5) is 23.8 Å². The van der Waals surface area contributed by atoms with Gasteiger partial charge in [-0.3, -0.25) is 0 Å². The molecule has 2 heterocycles. The van der Waals surface area contributed by atoms with Crippen LogP contribution in [0.25, 0.3) is 10.9 Å². The number of carbonyl (C=O) groups excluding carboxylic acids is 1. The number of aliphatic hydroxyl groups excluding tert-OH is 1. The lowest BCUT2D eigenvalue weighted by Crippen LogP contribution is -2.53. The van der Waals surface area contributed by atoms with Gasteiger partial charge >= 0.3 is 6.09 Å². The molecule has 0 spiro atoms. The summed E-state index contributed by atoms with van der Waals surface area (Å²) in [6, 6.07) is 5.97. The smallest absolute Gasteiger partial charge is 0.415 e. The van der Waals surface area contributed by atoms with Crippen molar-refractivity contribution in [3.8, 4) is 11.5 Å². The maximum absolute atomic E-state index is 15.1. The van der Waals surface area contributed by atoms with Crippen molar-refractivity contribution in [3.05, 3.63) is 53.1 Å². The highest BCUT2D eigenvalue weighted by molar-refractivity contribution is 5.92. The van der Waals surface area contributed by atoms with E-state index in [1.54, 1.807) is 30.9 Å². The lowest BCUT2D eigenvalue weighted by molar-refractivity contribution is -0.0583. The van der Waals surface area contributed by atoms with Crippen molar-refractivity contribution in [1.82, 2.24) is 19.8 Å². The maximum atomic E-state index is 15.1. The third-order valence-electron chi connectivity index (χ3n) is 6.80. The molecule has 3 aromatic rings. The fraction of sp³-hybridized carbons (Fsp3) is 0.444. The van der Waals surface area contributed by atoms with Crippen LogP contribution >= 0.6 is 0 Å². The molecule has 1 amide bonds. The van der Waals surface area contributed by atoms with Crippen LogP contribution in [-0.4, -0.2) is 77.4 Å². The number of aliphatic hydroxyl groups is 1. The molecule has 2 N–H and O–H groups in total. The molecule has 0 saturated carbocycles. The molecular formula is C27H32F3N5O4. The van der Waals surface area contributed by atoms with E-state index in [-0.39, 0.29) is 23.2 Å². The van der Waals surface area contributed by atoms with Gasteiger partial charge < -0.3 is 29.7 Å². The first-order valence-electron chi connectivity index (χ1n) is 12.5. The van der Waals surface area contributed by atoms with Gasteiger partial charge in [0.15, 0.2) is 11.5 Å². The number of alkyl halides is 2. The van der Waals surface area contributed by atoms with Crippen LogP contribution in [0, 0.1) is 12.7 Å². The molecule has 0 unspecified atom stereocenters. The topological polar surface area (TPSA) is 100 Å². The van der Waals surface area contributed by atoms with Gasteiger partial charge in [0.25, 0.3) is 5.92 Å². The highest BCUT2D eigenvalue weighted by atomic mass is 19.3. The Balaban J connectivity index is 1.69. The highest BCUT2D eigenvalue weighted by Gasteiger charge is 2.35. The summed E-state index contributed by atoms with van der Waals surface area (Å²) in [5, 5.41) is 12.6. The van der Waals surface area contributed by atoms with Crippen LogP contribution in [0.3, 0.4) is 0 Å². The van der Waals surface area contributed by atoms with Gasteiger partial charge in [-0.05, 0) is 40.0 Å². The van der Waals surface area contributed by atoms with Crippen LogP contribution in [0.1, 0.15) is 36.8 Å². The Morgan fingerprint density at radius 2 is 2.00 bits per heavy atom. The first-order valence-corrected chi connectivity index (χ1v) is 12.5. The molecule has 0 aliphatic carbocycles. The molecule has 1 fully saturated rings. The number of piperazine rings is 1. The van der Waals surface area contributed by atoms with Crippen LogP contribution in [0.15, 0.2) is 30.3 Å². The van der Waals surface area contributed by atoms with Crippen molar-refractivity contribution in [1.29, 1.82) is 0 Å². The van der Waals surface area contributed by atoms with Gasteiger partial charge in [-0.25, -0.2) is 19.2 Å². The number of carbonyl (C=O) groups is 1. The number of aromatic nitrogens is 2. The monoisotopic (exact) mass is 547 g/mol. The molecule has 12 heteroatoms. The molecular weight excluding hydrogens is 515 g/mol. The lowest BCUT2D eigenvalue weighted by atomic mass is 10.00. The van der Waals surface area contributed by atoms with Gasteiger partial charge in [-0.2, -0.15) is 8.78 Å². The second kappa shape index (κ2) is 11.2. The molecule has 1 aliphatic heterocycles. The number of rotatable bonds is 7. The van der Waals surface area contributed by atoms with Gasteiger partial charge in [0, 0.05) is 42.7 Å². The Morgan fingerprint density at radius 1 is 1.26 bits per heavy atom. The normalized spacial score (nSPS) is 17.3. The molecule has 9 nitrogen and oxygen atoms in total. The molecule has 39 heavy (non-hydrogen) atoms. The Kier molecular flexibility index (Phi) is 8.17. The minimum absolute atomic E-state index is 0.0331. The minimum atomic E-state index is -3.73. The average Bonchev–Trinajstić information content (AvgIpc) is 2.88. The number of methoxy groups -OCH3 is 1. The number of anilines is 1. The minimum Gasteiger partial charge on any atom is -0.493 e. The van der Waals surface area contributed by atoms with Crippen LogP contribution < -0.4 is 14.8 Å².